The molecule has 2 bridgehead atoms. The van der Waals surface area contributed by atoms with Gasteiger partial charge in [-0.1, -0.05) is 5.92 Å². The van der Waals surface area contributed by atoms with Crippen molar-refractivity contribution in [2.75, 3.05) is 18.0 Å². The molecule has 2 unspecified atom stereocenters. The molecule has 0 radical (unpaired) electrons. The molecule has 2 aliphatic heterocycles. The van der Waals surface area contributed by atoms with Gasteiger partial charge < -0.3 is 10.2 Å². The van der Waals surface area contributed by atoms with Gasteiger partial charge in [0.25, 0.3) is 0 Å². The van der Waals surface area contributed by atoms with E-state index in [1.165, 1.54) is 12.8 Å². The number of fused-ring (bicyclic) bond motifs is 2. The third-order valence-electron chi connectivity index (χ3n) is 3.56. The van der Waals surface area contributed by atoms with E-state index in [1.807, 2.05) is 0 Å². The quantitative estimate of drug-likeness (QED) is 0.580. The van der Waals surface area contributed by atoms with Crippen LogP contribution in [-0.2, 0) is 0 Å². The first-order chi connectivity index (χ1) is 8.26. The van der Waals surface area contributed by atoms with Crippen LogP contribution in [0.1, 0.15) is 18.4 Å². The highest BCUT2D eigenvalue weighted by Gasteiger charge is 2.32. The fraction of sp³-hybridized carbons (Fsp3) is 0.462. The first kappa shape index (κ1) is 10.5. The van der Waals surface area contributed by atoms with Crippen LogP contribution in [0.15, 0.2) is 12.3 Å². The Morgan fingerprint density at radius 3 is 2.76 bits per heavy atom. The summed E-state index contributed by atoms with van der Waals surface area (Å²) in [6, 6.07) is 2.81. The first-order valence-corrected chi connectivity index (χ1v) is 5.89. The lowest BCUT2D eigenvalue weighted by Gasteiger charge is -2.34. The van der Waals surface area contributed by atoms with E-state index in [0.29, 0.717) is 12.1 Å². The number of anilines is 1. The minimum atomic E-state index is -0.561. The summed E-state index contributed by atoms with van der Waals surface area (Å²) in [5.74, 6) is 1.77. The minimum Gasteiger partial charge on any atom is -0.367 e. The Kier molecular flexibility index (Phi) is 2.49. The zero-order valence-corrected chi connectivity index (χ0v) is 9.49. The van der Waals surface area contributed by atoms with Crippen LogP contribution >= 0.6 is 0 Å². The summed E-state index contributed by atoms with van der Waals surface area (Å²) in [7, 11) is 0. The molecule has 4 heteroatoms. The number of aromatic nitrogens is 1. The number of piperazine rings is 1. The number of pyridine rings is 1. The molecule has 17 heavy (non-hydrogen) atoms. The molecule has 3 heterocycles. The van der Waals surface area contributed by atoms with Crippen molar-refractivity contribution < 1.29 is 4.39 Å². The Morgan fingerprint density at radius 1 is 1.41 bits per heavy atom. The van der Waals surface area contributed by atoms with Crippen molar-refractivity contribution in [3.63, 3.8) is 0 Å². The molecule has 0 aromatic carbocycles. The van der Waals surface area contributed by atoms with E-state index in [-0.39, 0.29) is 5.56 Å². The van der Waals surface area contributed by atoms with Crippen LogP contribution in [0.3, 0.4) is 0 Å². The predicted octanol–water partition coefficient (Wildman–Crippen LogP) is 1.14. The Hall–Kier alpha value is -1.60. The van der Waals surface area contributed by atoms with E-state index in [2.05, 4.69) is 21.1 Å². The van der Waals surface area contributed by atoms with E-state index >= 15 is 0 Å². The number of terminal acetylenes is 1. The van der Waals surface area contributed by atoms with Gasteiger partial charge in [0.15, 0.2) is 0 Å². The van der Waals surface area contributed by atoms with Gasteiger partial charge in [0, 0.05) is 25.2 Å². The molecule has 1 aromatic rings. The van der Waals surface area contributed by atoms with Crippen LogP contribution in [0.25, 0.3) is 0 Å². The summed E-state index contributed by atoms with van der Waals surface area (Å²) in [5.41, 5.74) is 1.17. The number of nitrogens with zero attached hydrogens (tertiary/aromatic N) is 2. The molecular weight excluding hydrogens is 217 g/mol. The van der Waals surface area contributed by atoms with E-state index in [9.17, 15) is 4.39 Å². The summed E-state index contributed by atoms with van der Waals surface area (Å²) >= 11 is 0. The van der Waals surface area contributed by atoms with Gasteiger partial charge in [0.05, 0.1) is 17.4 Å². The maximum absolute atomic E-state index is 13.2. The lowest BCUT2D eigenvalue weighted by atomic mass is 10.2. The molecule has 0 saturated carbocycles. The Labute approximate surface area is 100 Å². The molecule has 2 atom stereocenters. The molecule has 2 fully saturated rings. The fourth-order valence-corrected chi connectivity index (χ4v) is 2.72. The SMILES string of the molecule is C#Cc1cc(N2CC3CCC(C2)N3)cnc1F. The third-order valence-corrected chi connectivity index (χ3v) is 3.56. The molecule has 3 nitrogen and oxygen atoms in total. The number of hydrogen-bond donors (Lipinski definition) is 1. The minimum absolute atomic E-state index is 0.244. The van der Waals surface area contributed by atoms with Crippen molar-refractivity contribution >= 4 is 5.69 Å². The van der Waals surface area contributed by atoms with Crippen LogP contribution in [0.5, 0.6) is 0 Å². The van der Waals surface area contributed by atoms with Gasteiger partial charge in [-0.2, -0.15) is 4.39 Å². The fourth-order valence-electron chi connectivity index (χ4n) is 2.72. The monoisotopic (exact) mass is 231 g/mol. The Balaban J connectivity index is 1.87. The zero-order valence-electron chi connectivity index (χ0n) is 9.49. The van der Waals surface area contributed by atoms with Crippen LogP contribution in [0, 0.1) is 18.3 Å². The average molecular weight is 231 g/mol. The lowest BCUT2D eigenvalue weighted by Crippen LogP contribution is -2.51. The van der Waals surface area contributed by atoms with Crippen molar-refractivity contribution in [2.45, 2.75) is 24.9 Å². The Bertz CT molecular complexity index is 468. The van der Waals surface area contributed by atoms with Gasteiger partial charge in [0.1, 0.15) is 0 Å². The molecule has 2 saturated heterocycles. The largest absolute Gasteiger partial charge is 0.367 e. The average Bonchev–Trinajstić information content (AvgIpc) is 2.69. The molecule has 88 valence electrons. The highest BCUT2D eigenvalue weighted by Crippen LogP contribution is 2.25. The normalized spacial score (nSPS) is 26.9. The first-order valence-electron chi connectivity index (χ1n) is 5.89. The van der Waals surface area contributed by atoms with Crippen LogP contribution in [-0.4, -0.2) is 30.2 Å². The van der Waals surface area contributed by atoms with Crippen LogP contribution in [0.2, 0.25) is 0 Å². The van der Waals surface area contributed by atoms with Gasteiger partial charge in [-0.15, -0.1) is 6.42 Å². The van der Waals surface area contributed by atoms with Gasteiger partial charge in [-0.05, 0) is 18.9 Å². The second kappa shape index (κ2) is 4.01. The van der Waals surface area contributed by atoms with Crippen molar-refractivity contribution in [1.29, 1.82) is 0 Å². The predicted molar refractivity (Wildman–Crippen MR) is 64.3 cm³/mol. The second-order valence-corrected chi connectivity index (χ2v) is 4.72. The maximum atomic E-state index is 13.2. The van der Waals surface area contributed by atoms with Crippen LogP contribution < -0.4 is 10.2 Å². The summed E-state index contributed by atoms with van der Waals surface area (Å²) < 4.78 is 13.2. The van der Waals surface area contributed by atoms with Gasteiger partial charge in [-0.3, -0.25) is 0 Å². The number of halogens is 1. The van der Waals surface area contributed by atoms with E-state index in [0.717, 1.165) is 18.8 Å². The van der Waals surface area contributed by atoms with Gasteiger partial charge in [-0.25, -0.2) is 4.98 Å². The van der Waals surface area contributed by atoms with E-state index < -0.39 is 5.95 Å². The number of hydrogen-bond acceptors (Lipinski definition) is 3. The third kappa shape index (κ3) is 1.87. The molecule has 0 spiro atoms. The second-order valence-electron chi connectivity index (χ2n) is 4.72. The van der Waals surface area contributed by atoms with Crippen molar-refractivity contribution in [3.05, 3.63) is 23.8 Å². The molecule has 2 aliphatic rings. The highest BCUT2D eigenvalue weighted by atomic mass is 19.1. The summed E-state index contributed by atoms with van der Waals surface area (Å²) in [5, 5.41) is 3.55. The Morgan fingerprint density at radius 2 is 2.12 bits per heavy atom. The molecule has 3 rings (SSSR count). The van der Waals surface area contributed by atoms with Crippen molar-refractivity contribution in [1.82, 2.24) is 10.3 Å². The molecule has 0 amide bonds. The topological polar surface area (TPSA) is 28.2 Å². The maximum Gasteiger partial charge on any atom is 0.228 e. The standard InChI is InChI=1S/C13H14FN3/c1-2-9-5-12(6-15-13(9)14)17-7-10-3-4-11(8-17)16-10/h1,5-6,10-11,16H,3-4,7-8H2. The van der Waals surface area contributed by atoms with Gasteiger partial charge in [0.2, 0.25) is 5.95 Å². The molecular formula is C13H14FN3. The van der Waals surface area contributed by atoms with Crippen molar-refractivity contribution in [3.8, 4) is 12.3 Å². The summed E-state index contributed by atoms with van der Waals surface area (Å²) in [4.78, 5) is 5.97. The number of rotatable bonds is 1. The van der Waals surface area contributed by atoms with E-state index in [4.69, 9.17) is 6.42 Å². The number of nitrogens with one attached hydrogen (secondary N) is 1. The van der Waals surface area contributed by atoms with E-state index in [1.54, 1.807) is 12.3 Å². The smallest absolute Gasteiger partial charge is 0.228 e. The van der Waals surface area contributed by atoms with Gasteiger partial charge >= 0.3 is 0 Å². The summed E-state index contributed by atoms with van der Waals surface area (Å²) in [6.45, 7) is 1.90. The summed E-state index contributed by atoms with van der Waals surface area (Å²) in [6.07, 6.45) is 9.27. The lowest BCUT2D eigenvalue weighted by molar-refractivity contribution is 0.465. The zero-order chi connectivity index (χ0) is 11.8. The molecule has 1 aromatic heterocycles. The van der Waals surface area contributed by atoms with Crippen molar-refractivity contribution in [2.24, 2.45) is 0 Å². The highest BCUT2D eigenvalue weighted by molar-refractivity contribution is 5.51. The molecule has 1 N–H and O–H groups in total. The van der Waals surface area contributed by atoms with Crippen LogP contribution in [0.4, 0.5) is 10.1 Å². The molecule has 0 aliphatic carbocycles.